The van der Waals surface area contributed by atoms with Crippen LogP contribution in [0.3, 0.4) is 0 Å². The first-order valence-corrected chi connectivity index (χ1v) is 10.2. The van der Waals surface area contributed by atoms with Gasteiger partial charge in [0.25, 0.3) is 10.0 Å². The third-order valence-electron chi connectivity index (χ3n) is 2.64. The number of hydrogen-bond donors (Lipinski definition) is 0. The molecule has 0 fully saturated rings. The Bertz CT molecular complexity index is 680. The number of aryl methyl sites for hydroxylation is 1. The molecule has 0 atom stereocenters. The Morgan fingerprint density at radius 2 is 2.10 bits per heavy atom. The fraction of sp³-hybridized carbons (Fsp3) is 0.333. The highest BCUT2D eigenvalue weighted by Crippen LogP contribution is 2.27. The van der Waals surface area contributed by atoms with Crippen molar-refractivity contribution >= 4 is 60.2 Å². The van der Waals surface area contributed by atoms with Gasteiger partial charge in [-0.2, -0.15) is 4.31 Å². The Labute approximate surface area is 140 Å². The molecule has 8 heteroatoms. The van der Waals surface area contributed by atoms with Crippen LogP contribution in [0.15, 0.2) is 32.3 Å². The van der Waals surface area contributed by atoms with E-state index in [4.69, 9.17) is 11.6 Å². The van der Waals surface area contributed by atoms with Gasteiger partial charge in [0.15, 0.2) is 0 Å². The first-order chi connectivity index (χ1) is 9.43. The van der Waals surface area contributed by atoms with Crippen LogP contribution in [0.25, 0.3) is 0 Å². The van der Waals surface area contributed by atoms with Gasteiger partial charge in [-0.25, -0.2) is 8.42 Å². The van der Waals surface area contributed by atoms with Crippen molar-refractivity contribution in [1.82, 2.24) is 4.31 Å². The van der Waals surface area contributed by atoms with Crippen molar-refractivity contribution in [1.29, 1.82) is 0 Å². The normalized spacial score (nSPS) is 12.2. The summed E-state index contributed by atoms with van der Waals surface area (Å²) in [5, 5.41) is 1.94. The highest BCUT2D eigenvalue weighted by molar-refractivity contribution is 9.10. The number of alkyl halides is 1. The van der Waals surface area contributed by atoms with Gasteiger partial charge in [0, 0.05) is 39.1 Å². The van der Waals surface area contributed by atoms with Gasteiger partial charge in [-0.15, -0.1) is 34.3 Å². The van der Waals surface area contributed by atoms with Crippen LogP contribution in [0.4, 0.5) is 0 Å². The molecular formula is C12H13BrClNO2S3. The van der Waals surface area contributed by atoms with Crippen molar-refractivity contribution in [3.63, 3.8) is 0 Å². The van der Waals surface area contributed by atoms with Crippen LogP contribution in [0, 0.1) is 0 Å². The molecule has 0 saturated heterocycles. The Kier molecular flexibility index (Phi) is 5.67. The maximum atomic E-state index is 12.5. The summed E-state index contributed by atoms with van der Waals surface area (Å²) in [5.41, 5.74) is 0. The fourth-order valence-electron chi connectivity index (χ4n) is 1.62. The van der Waals surface area contributed by atoms with Gasteiger partial charge in [0.1, 0.15) is 4.21 Å². The van der Waals surface area contributed by atoms with Crippen LogP contribution in [0.2, 0.25) is 0 Å². The largest absolute Gasteiger partial charge is 0.252 e. The molecule has 0 aliphatic heterocycles. The van der Waals surface area contributed by atoms with Crippen molar-refractivity contribution < 1.29 is 8.42 Å². The highest BCUT2D eigenvalue weighted by atomic mass is 79.9. The summed E-state index contributed by atoms with van der Waals surface area (Å²) >= 11 is 11.9. The maximum Gasteiger partial charge on any atom is 0.252 e. The van der Waals surface area contributed by atoms with Crippen LogP contribution in [0.1, 0.15) is 9.75 Å². The molecule has 0 aliphatic carbocycles. The summed E-state index contributed by atoms with van der Waals surface area (Å²) in [6, 6.07) is 5.42. The smallest absolute Gasteiger partial charge is 0.206 e. The molecule has 110 valence electrons. The molecule has 0 amide bonds. The first kappa shape index (κ1) is 16.5. The van der Waals surface area contributed by atoms with Gasteiger partial charge in [0.05, 0.1) is 0 Å². The van der Waals surface area contributed by atoms with Crippen molar-refractivity contribution in [2.75, 3.05) is 12.9 Å². The average molecular weight is 415 g/mol. The van der Waals surface area contributed by atoms with Crippen molar-refractivity contribution in [3.8, 4) is 0 Å². The van der Waals surface area contributed by atoms with Crippen LogP contribution in [-0.2, 0) is 23.0 Å². The number of nitrogens with zero attached hydrogens (tertiary/aromatic N) is 1. The zero-order valence-corrected chi connectivity index (χ0v) is 15.5. The van der Waals surface area contributed by atoms with E-state index in [1.807, 2.05) is 17.5 Å². The topological polar surface area (TPSA) is 37.4 Å². The molecule has 20 heavy (non-hydrogen) atoms. The van der Waals surface area contributed by atoms with Crippen molar-refractivity contribution in [2.24, 2.45) is 0 Å². The zero-order valence-electron chi connectivity index (χ0n) is 10.7. The minimum absolute atomic E-state index is 0.371. The van der Waals surface area contributed by atoms with Gasteiger partial charge in [-0.3, -0.25) is 0 Å². The minimum Gasteiger partial charge on any atom is -0.206 e. The number of halogens is 2. The second-order valence-corrected chi connectivity index (χ2v) is 9.88. The van der Waals surface area contributed by atoms with E-state index in [-0.39, 0.29) is 0 Å². The van der Waals surface area contributed by atoms with E-state index in [0.29, 0.717) is 23.1 Å². The van der Waals surface area contributed by atoms with Crippen molar-refractivity contribution in [2.45, 2.75) is 17.2 Å². The van der Waals surface area contributed by atoms with E-state index in [9.17, 15) is 8.42 Å². The van der Waals surface area contributed by atoms with Gasteiger partial charge in [0.2, 0.25) is 0 Å². The van der Waals surface area contributed by atoms with E-state index >= 15 is 0 Å². The van der Waals surface area contributed by atoms with Gasteiger partial charge < -0.3 is 0 Å². The second-order valence-electron chi connectivity index (χ2n) is 4.15. The third kappa shape index (κ3) is 3.84. The van der Waals surface area contributed by atoms with Gasteiger partial charge >= 0.3 is 0 Å². The van der Waals surface area contributed by atoms with E-state index in [0.717, 1.165) is 14.2 Å². The summed E-state index contributed by atoms with van der Waals surface area (Å²) < 4.78 is 27.6. The summed E-state index contributed by atoms with van der Waals surface area (Å²) in [4.78, 5) is 1.99. The monoisotopic (exact) mass is 413 g/mol. The average Bonchev–Trinajstić information content (AvgIpc) is 2.99. The molecule has 2 aromatic rings. The molecule has 0 spiro atoms. The lowest BCUT2D eigenvalue weighted by molar-refractivity contribution is 0.471. The highest BCUT2D eigenvalue weighted by Gasteiger charge is 2.23. The number of rotatable bonds is 6. The molecule has 3 nitrogen and oxygen atoms in total. The van der Waals surface area contributed by atoms with Gasteiger partial charge in [-0.1, -0.05) is 0 Å². The molecule has 0 saturated carbocycles. The molecule has 2 rings (SSSR count). The lowest BCUT2D eigenvalue weighted by atomic mass is 10.4. The number of sulfonamides is 1. The Balaban J connectivity index is 2.15. The third-order valence-corrected chi connectivity index (χ3v) is 7.93. The zero-order chi connectivity index (χ0) is 14.8. The Morgan fingerprint density at radius 3 is 2.70 bits per heavy atom. The standard InChI is InChI=1S/C12H13BrClNO2S3/c1-15(7-11-6-9(13)8-18-11)20(16,17)12-3-2-10(19-12)4-5-14/h2-3,6,8H,4-5,7H2,1H3. The van der Waals surface area contributed by atoms with E-state index < -0.39 is 10.0 Å². The fourth-order valence-corrected chi connectivity index (χ4v) is 6.23. The first-order valence-electron chi connectivity index (χ1n) is 5.77. The number of hydrogen-bond acceptors (Lipinski definition) is 4. The van der Waals surface area contributed by atoms with E-state index in [1.54, 1.807) is 13.1 Å². The molecule has 0 aliphatic rings. The van der Waals surface area contributed by atoms with Gasteiger partial charge in [-0.05, 0) is 40.5 Å². The molecule has 2 heterocycles. The molecule has 0 N–H and O–H groups in total. The Hall–Kier alpha value is 0.0800. The second kappa shape index (κ2) is 6.89. The predicted molar refractivity (Wildman–Crippen MR) is 89.4 cm³/mol. The van der Waals surface area contributed by atoms with Crippen molar-refractivity contribution in [3.05, 3.63) is 37.8 Å². The van der Waals surface area contributed by atoms with Crippen LogP contribution < -0.4 is 0 Å². The lowest BCUT2D eigenvalue weighted by Crippen LogP contribution is -2.25. The molecule has 0 unspecified atom stereocenters. The predicted octanol–water partition coefficient (Wildman–Crippen LogP) is 4.17. The maximum absolute atomic E-state index is 12.5. The molecule has 2 aromatic heterocycles. The summed E-state index contributed by atoms with van der Waals surface area (Å²) in [5.74, 6) is 0.499. The SMILES string of the molecule is CN(Cc1cc(Br)cs1)S(=O)(=O)c1ccc(CCCl)s1. The van der Waals surface area contributed by atoms with Crippen LogP contribution >= 0.6 is 50.2 Å². The molecule has 0 bridgehead atoms. The van der Waals surface area contributed by atoms with E-state index in [2.05, 4.69) is 15.9 Å². The van der Waals surface area contributed by atoms with Crippen LogP contribution in [0.5, 0.6) is 0 Å². The minimum atomic E-state index is -3.43. The summed E-state index contributed by atoms with van der Waals surface area (Å²) in [6.45, 7) is 0.376. The Morgan fingerprint density at radius 1 is 1.35 bits per heavy atom. The molecular weight excluding hydrogens is 402 g/mol. The molecule has 0 radical (unpaired) electrons. The van der Waals surface area contributed by atoms with E-state index in [1.165, 1.54) is 27.0 Å². The summed E-state index contributed by atoms with van der Waals surface area (Å²) in [6.07, 6.45) is 0.698. The number of thiophene rings is 2. The molecule has 0 aromatic carbocycles. The lowest BCUT2D eigenvalue weighted by Gasteiger charge is -2.14. The van der Waals surface area contributed by atoms with Crippen LogP contribution in [-0.4, -0.2) is 25.7 Å². The summed E-state index contributed by atoms with van der Waals surface area (Å²) in [7, 11) is -1.82. The quantitative estimate of drug-likeness (QED) is 0.665.